The van der Waals surface area contributed by atoms with Crippen LogP contribution in [0.3, 0.4) is 0 Å². The van der Waals surface area contributed by atoms with Crippen LogP contribution in [0.25, 0.3) is 0 Å². The quantitative estimate of drug-likeness (QED) is 0.853. The van der Waals surface area contributed by atoms with Gasteiger partial charge < -0.3 is 14.5 Å². The third-order valence-electron chi connectivity index (χ3n) is 2.46. The van der Waals surface area contributed by atoms with E-state index in [1.807, 2.05) is 0 Å². The molecule has 0 fully saturated rings. The number of aryl methyl sites for hydroxylation is 1. The predicted octanol–water partition coefficient (Wildman–Crippen LogP) is 1.16. The number of aromatic nitrogens is 1. The molecular formula is C11H16N2O4. The van der Waals surface area contributed by atoms with Crippen molar-refractivity contribution in [2.45, 2.75) is 26.8 Å². The molecule has 94 valence electrons. The molecule has 1 heterocycles. The summed E-state index contributed by atoms with van der Waals surface area (Å²) < 4.78 is 4.82. The van der Waals surface area contributed by atoms with Crippen molar-refractivity contribution in [3.8, 4) is 0 Å². The summed E-state index contributed by atoms with van der Waals surface area (Å²) in [5.74, 6) is -1.65. The lowest BCUT2D eigenvalue weighted by Crippen LogP contribution is -2.45. The van der Waals surface area contributed by atoms with Gasteiger partial charge in [0, 0.05) is 13.1 Å². The van der Waals surface area contributed by atoms with E-state index in [4.69, 9.17) is 9.63 Å². The second kappa shape index (κ2) is 4.99. The fourth-order valence-corrected chi connectivity index (χ4v) is 1.66. The number of carbonyl (C=O) groups excluding carboxylic acids is 1. The standard InChI is InChI=1S/C11H16N2O4/c1-6(2)9(11(15)16)13(4)10(14)8-5-7(3)12-17-8/h5-6,9H,1-4H3,(H,15,16). The van der Waals surface area contributed by atoms with Gasteiger partial charge in [0.05, 0.1) is 5.69 Å². The Hall–Kier alpha value is -1.85. The van der Waals surface area contributed by atoms with Crippen LogP contribution in [0.5, 0.6) is 0 Å². The Labute approximate surface area is 99.2 Å². The van der Waals surface area contributed by atoms with Gasteiger partial charge in [0.15, 0.2) is 0 Å². The Morgan fingerprint density at radius 3 is 2.41 bits per heavy atom. The molecule has 0 bridgehead atoms. The fourth-order valence-electron chi connectivity index (χ4n) is 1.66. The summed E-state index contributed by atoms with van der Waals surface area (Å²) in [6.45, 7) is 5.18. The summed E-state index contributed by atoms with van der Waals surface area (Å²) >= 11 is 0. The molecule has 0 aliphatic rings. The molecule has 0 spiro atoms. The van der Waals surface area contributed by atoms with Crippen LogP contribution in [0.4, 0.5) is 0 Å². The Bertz CT molecular complexity index is 425. The fraction of sp³-hybridized carbons (Fsp3) is 0.545. The molecule has 17 heavy (non-hydrogen) atoms. The summed E-state index contributed by atoms with van der Waals surface area (Å²) in [5, 5.41) is 12.7. The van der Waals surface area contributed by atoms with Crippen molar-refractivity contribution in [3.63, 3.8) is 0 Å². The van der Waals surface area contributed by atoms with Gasteiger partial charge in [0.1, 0.15) is 6.04 Å². The smallest absolute Gasteiger partial charge is 0.326 e. The second-order valence-corrected chi connectivity index (χ2v) is 4.28. The van der Waals surface area contributed by atoms with E-state index < -0.39 is 17.9 Å². The first-order valence-electron chi connectivity index (χ1n) is 5.28. The maximum absolute atomic E-state index is 11.9. The Morgan fingerprint density at radius 2 is 2.06 bits per heavy atom. The lowest BCUT2D eigenvalue weighted by atomic mass is 10.0. The Balaban J connectivity index is 2.91. The molecule has 1 aromatic heterocycles. The molecular weight excluding hydrogens is 224 g/mol. The van der Waals surface area contributed by atoms with Crippen molar-refractivity contribution in [2.24, 2.45) is 5.92 Å². The average molecular weight is 240 g/mol. The number of amides is 1. The minimum atomic E-state index is -1.04. The number of hydrogen-bond donors (Lipinski definition) is 1. The molecule has 0 radical (unpaired) electrons. The molecule has 0 aliphatic heterocycles. The molecule has 1 amide bonds. The summed E-state index contributed by atoms with van der Waals surface area (Å²) in [5.41, 5.74) is 0.582. The maximum atomic E-state index is 11.9. The van der Waals surface area contributed by atoms with E-state index in [0.717, 1.165) is 4.90 Å². The Kier molecular flexibility index (Phi) is 3.88. The average Bonchev–Trinajstić information content (AvgIpc) is 2.62. The van der Waals surface area contributed by atoms with Crippen LogP contribution in [-0.2, 0) is 4.79 Å². The molecule has 0 aliphatic carbocycles. The molecule has 0 aromatic carbocycles. The molecule has 1 rings (SSSR count). The van der Waals surface area contributed by atoms with Gasteiger partial charge in [-0.2, -0.15) is 0 Å². The van der Waals surface area contributed by atoms with Crippen LogP contribution in [0.15, 0.2) is 10.6 Å². The number of hydrogen-bond acceptors (Lipinski definition) is 4. The summed E-state index contributed by atoms with van der Waals surface area (Å²) in [6, 6.07) is 0.603. The zero-order valence-electron chi connectivity index (χ0n) is 10.3. The predicted molar refractivity (Wildman–Crippen MR) is 59.6 cm³/mol. The summed E-state index contributed by atoms with van der Waals surface area (Å²) in [7, 11) is 1.44. The molecule has 1 aromatic rings. The van der Waals surface area contributed by atoms with E-state index in [1.54, 1.807) is 20.8 Å². The van der Waals surface area contributed by atoms with E-state index in [2.05, 4.69) is 5.16 Å². The zero-order chi connectivity index (χ0) is 13.2. The van der Waals surface area contributed by atoms with Crippen LogP contribution < -0.4 is 0 Å². The van der Waals surface area contributed by atoms with Crippen LogP contribution in [0, 0.1) is 12.8 Å². The van der Waals surface area contributed by atoms with Crippen molar-refractivity contribution >= 4 is 11.9 Å². The third kappa shape index (κ3) is 2.83. The largest absolute Gasteiger partial charge is 0.480 e. The first-order valence-corrected chi connectivity index (χ1v) is 5.28. The van der Waals surface area contributed by atoms with Crippen molar-refractivity contribution in [1.29, 1.82) is 0 Å². The van der Waals surface area contributed by atoms with Crippen LogP contribution >= 0.6 is 0 Å². The molecule has 1 unspecified atom stereocenters. The number of carbonyl (C=O) groups is 2. The van der Waals surface area contributed by atoms with E-state index in [9.17, 15) is 9.59 Å². The van der Waals surface area contributed by atoms with Gasteiger partial charge in [0.25, 0.3) is 5.91 Å². The highest BCUT2D eigenvalue weighted by atomic mass is 16.5. The van der Waals surface area contributed by atoms with Crippen LogP contribution in [0.2, 0.25) is 0 Å². The second-order valence-electron chi connectivity index (χ2n) is 4.28. The molecule has 6 nitrogen and oxygen atoms in total. The number of aliphatic carboxylic acids is 1. The molecule has 1 atom stereocenters. The van der Waals surface area contributed by atoms with E-state index >= 15 is 0 Å². The number of nitrogens with zero attached hydrogens (tertiary/aromatic N) is 2. The minimum Gasteiger partial charge on any atom is -0.480 e. The number of rotatable bonds is 4. The summed E-state index contributed by atoms with van der Waals surface area (Å²) in [4.78, 5) is 24.2. The maximum Gasteiger partial charge on any atom is 0.326 e. The van der Waals surface area contributed by atoms with Crippen molar-refractivity contribution in [1.82, 2.24) is 10.1 Å². The SMILES string of the molecule is Cc1cc(C(=O)N(C)C(C(=O)O)C(C)C)on1. The normalized spacial score (nSPS) is 12.5. The number of carboxylic acids is 1. The van der Waals surface area contributed by atoms with Crippen molar-refractivity contribution in [2.75, 3.05) is 7.05 Å². The van der Waals surface area contributed by atoms with E-state index in [0.29, 0.717) is 5.69 Å². The molecule has 0 saturated heterocycles. The lowest BCUT2D eigenvalue weighted by molar-refractivity contribution is -0.143. The van der Waals surface area contributed by atoms with Gasteiger partial charge in [-0.3, -0.25) is 4.79 Å². The van der Waals surface area contributed by atoms with Gasteiger partial charge in [-0.1, -0.05) is 19.0 Å². The summed E-state index contributed by atoms with van der Waals surface area (Å²) in [6.07, 6.45) is 0. The Morgan fingerprint density at radius 1 is 1.47 bits per heavy atom. The van der Waals surface area contributed by atoms with Gasteiger partial charge >= 0.3 is 5.97 Å². The topological polar surface area (TPSA) is 83.6 Å². The first kappa shape index (κ1) is 13.2. The van der Waals surface area contributed by atoms with Crippen LogP contribution in [-0.4, -0.2) is 40.1 Å². The first-order chi connectivity index (χ1) is 7.84. The highest BCUT2D eigenvalue weighted by Gasteiger charge is 2.31. The molecule has 1 N–H and O–H groups in total. The van der Waals surface area contributed by atoms with Crippen molar-refractivity contribution in [3.05, 3.63) is 17.5 Å². The lowest BCUT2D eigenvalue weighted by Gasteiger charge is -2.26. The molecule has 0 saturated carbocycles. The van der Waals surface area contributed by atoms with Crippen LogP contribution in [0.1, 0.15) is 30.1 Å². The van der Waals surface area contributed by atoms with Gasteiger partial charge in [0.2, 0.25) is 5.76 Å². The number of carboxylic acid groups (broad SMARTS) is 1. The van der Waals surface area contributed by atoms with Gasteiger partial charge in [-0.15, -0.1) is 0 Å². The monoisotopic (exact) mass is 240 g/mol. The zero-order valence-corrected chi connectivity index (χ0v) is 10.3. The minimum absolute atomic E-state index is 0.0527. The van der Waals surface area contributed by atoms with E-state index in [-0.39, 0.29) is 11.7 Å². The molecule has 6 heteroatoms. The van der Waals surface area contributed by atoms with Gasteiger partial charge in [-0.25, -0.2) is 4.79 Å². The highest BCUT2D eigenvalue weighted by molar-refractivity contribution is 5.94. The van der Waals surface area contributed by atoms with Crippen molar-refractivity contribution < 1.29 is 19.2 Å². The third-order valence-corrected chi connectivity index (χ3v) is 2.46. The number of likely N-dealkylation sites (N-methyl/N-ethyl adjacent to an activating group) is 1. The van der Waals surface area contributed by atoms with Gasteiger partial charge in [-0.05, 0) is 12.8 Å². The van der Waals surface area contributed by atoms with E-state index in [1.165, 1.54) is 13.1 Å². The highest BCUT2D eigenvalue weighted by Crippen LogP contribution is 2.14.